The van der Waals surface area contributed by atoms with Gasteiger partial charge in [-0.2, -0.15) is 5.10 Å². The maximum Gasteiger partial charge on any atom is 0.156 e. The molecular weight excluding hydrogens is 260 g/mol. The van der Waals surface area contributed by atoms with Gasteiger partial charge in [0.05, 0.1) is 6.20 Å². The summed E-state index contributed by atoms with van der Waals surface area (Å²) in [4.78, 5) is 4.34. The highest BCUT2D eigenvalue weighted by molar-refractivity contribution is 6.17. The Hall–Kier alpha value is -2.07. The van der Waals surface area contributed by atoms with Gasteiger partial charge < -0.3 is 5.32 Å². The van der Waals surface area contributed by atoms with Crippen molar-refractivity contribution in [1.82, 2.24) is 14.6 Å². The van der Waals surface area contributed by atoms with E-state index < -0.39 is 0 Å². The fourth-order valence-electron chi connectivity index (χ4n) is 1.95. The number of benzene rings is 1. The van der Waals surface area contributed by atoms with Crippen molar-refractivity contribution in [2.24, 2.45) is 0 Å². The monoisotopic (exact) mass is 272 g/mol. The summed E-state index contributed by atoms with van der Waals surface area (Å²) >= 11 is 5.72. The Kier molecular flexibility index (Phi) is 3.33. The maximum absolute atomic E-state index is 5.72. The molecule has 0 atom stereocenters. The third-order valence-corrected chi connectivity index (χ3v) is 3.11. The van der Waals surface area contributed by atoms with Gasteiger partial charge in [0.2, 0.25) is 0 Å². The van der Waals surface area contributed by atoms with E-state index in [1.54, 1.807) is 16.9 Å². The zero-order valence-corrected chi connectivity index (χ0v) is 11.0. The van der Waals surface area contributed by atoms with Crippen molar-refractivity contribution in [1.29, 1.82) is 0 Å². The number of aryl methyl sites for hydroxylation is 1. The minimum Gasteiger partial charge on any atom is -0.338 e. The van der Waals surface area contributed by atoms with Crippen LogP contribution in [0.25, 0.3) is 5.52 Å². The van der Waals surface area contributed by atoms with Crippen molar-refractivity contribution >= 4 is 28.6 Å². The van der Waals surface area contributed by atoms with Crippen molar-refractivity contribution in [3.05, 3.63) is 54.5 Å². The lowest BCUT2D eigenvalue weighted by Gasteiger charge is -2.07. The van der Waals surface area contributed by atoms with Gasteiger partial charge in [0, 0.05) is 24.0 Å². The number of hydrogen-bond acceptors (Lipinski definition) is 3. The molecule has 0 amide bonds. The molecule has 0 spiro atoms. The van der Waals surface area contributed by atoms with Crippen molar-refractivity contribution in [2.45, 2.75) is 6.42 Å². The SMILES string of the molecule is ClCCc1ccc(Nc2nccn3nccc23)cc1. The predicted octanol–water partition coefficient (Wildman–Crippen LogP) is 3.25. The van der Waals surface area contributed by atoms with E-state index in [0.717, 1.165) is 23.4 Å². The smallest absolute Gasteiger partial charge is 0.156 e. The number of nitrogens with zero attached hydrogens (tertiary/aromatic N) is 3. The highest BCUT2D eigenvalue weighted by Gasteiger charge is 2.03. The summed E-state index contributed by atoms with van der Waals surface area (Å²) in [5.74, 6) is 1.44. The molecule has 2 aromatic heterocycles. The lowest BCUT2D eigenvalue weighted by molar-refractivity contribution is 0.948. The van der Waals surface area contributed by atoms with Crippen molar-refractivity contribution < 1.29 is 0 Å². The van der Waals surface area contributed by atoms with Gasteiger partial charge in [0.1, 0.15) is 5.52 Å². The van der Waals surface area contributed by atoms with Gasteiger partial charge in [0.15, 0.2) is 5.82 Å². The average Bonchev–Trinajstić information content (AvgIpc) is 2.91. The Morgan fingerprint density at radius 1 is 1.11 bits per heavy atom. The Bertz CT molecular complexity index is 675. The first-order valence-corrected chi connectivity index (χ1v) is 6.60. The number of alkyl halides is 1. The highest BCUT2D eigenvalue weighted by atomic mass is 35.5. The van der Waals surface area contributed by atoms with Crippen LogP contribution in [-0.2, 0) is 6.42 Å². The molecule has 96 valence electrons. The van der Waals surface area contributed by atoms with E-state index >= 15 is 0 Å². The molecule has 0 radical (unpaired) electrons. The Balaban J connectivity index is 1.86. The molecule has 0 unspecified atom stereocenters. The van der Waals surface area contributed by atoms with E-state index in [-0.39, 0.29) is 0 Å². The Labute approximate surface area is 116 Å². The van der Waals surface area contributed by atoms with Crippen molar-refractivity contribution in [2.75, 3.05) is 11.2 Å². The summed E-state index contributed by atoms with van der Waals surface area (Å²) in [7, 11) is 0. The third-order valence-electron chi connectivity index (χ3n) is 2.92. The quantitative estimate of drug-likeness (QED) is 0.742. The molecule has 0 aliphatic rings. The van der Waals surface area contributed by atoms with Crippen molar-refractivity contribution in [3.8, 4) is 0 Å². The van der Waals surface area contributed by atoms with Gasteiger partial charge in [-0.3, -0.25) is 0 Å². The summed E-state index contributed by atoms with van der Waals surface area (Å²) in [6.07, 6.45) is 6.19. The first kappa shape index (κ1) is 12.0. The van der Waals surface area contributed by atoms with E-state index in [1.807, 2.05) is 24.4 Å². The first-order valence-electron chi connectivity index (χ1n) is 6.07. The minimum atomic E-state index is 0.642. The van der Waals surface area contributed by atoms with Crippen LogP contribution in [0.2, 0.25) is 0 Å². The summed E-state index contributed by atoms with van der Waals surface area (Å²) in [6, 6.07) is 10.1. The van der Waals surface area contributed by atoms with Gasteiger partial charge in [-0.15, -0.1) is 11.6 Å². The first-order chi connectivity index (χ1) is 9.36. The fourth-order valence-corrected chi connectivity index (χ4v) is 2.17. The molecule has 0 aliphatic heterocycles. The number of anilines is 2. The molecule has 0 fully saturated rings. The number of fused-ring (bicyclic) bond motifs is 1. The predicted molar refractivity (Wildman–Crippen MR) is 77.1 cm³/mol. The number of hydrogen-bond donors (Lipinski definition) is 1. The van der Waals surface area contributed by atoms with E-state index in [2.05, 4.69) is 27.5 Å². The second kappa shape index (κ2) is 5.28. The molecule has 0 bridgehead atoms. The summed E-state index contributed by atoms with van der Waals surface area (Å²) in [5, 5.41) is 7.48. The molecule has 3 rings (SSSR count). The molecule has 2 heterocycles. The number of aromatic nitrogens is 3. The normalized spacial score (nSPS) is 10.8. The standard InChI is InChI=1S/C14H13ClN4/c15-7-5-11-1-3-12(4-2-11)18-14-13-6-8-17-19(13)10-9-16-14/h1-4,6,8-10H,5,7H2,(H,16,18). The minimum absolute atomic E-state index is 0.642. The number of nitrogens with one attached hydrogen (secondary N) is 1. The zero-order valence-electron chi connectivity index (χ0n) is 10.3. The summed E-state index contributed by atoms with van der Waals surface area (Å²) in [5.41, 5.74) is 3.18. The fraction of sp³-hybridized carbons (Fsp3) is 0.143. The van der Waals surface area contributed by atoms with E-state index in [4.69, 9.17) is 11.6 Å². The van der Waals surface area contributed by atoms with Gasteiger partial charge in [-0.05, 0) is 30.2 Å². The number of halogens is 1. The van der Waals surface area contributed by atoms with Crippen LogP contribution < -0.4 is 5.32 Å². The third kappa shape index (κ3) is 2.53. The molecule has 19 heavy (non-hydrogen) atoms. The van der Waals surface area contributed by atoms with Gasteiger partial charge in [-0.25, -0.2) is 9.50 Å². The largest absolute Gasteiger partial charge is 0.338 e. The lowest BCUT2D eigenvalue weighted by Crippen LogP contribution is -1.97. The average molecular weight is 273 g/mol. The van der Waals surface area contributed by atoms with E-state index in [0.29, 0.717) is 5.88 Å². The van der Waals surface area contributed by atoms with E-state index in [1.165, 1.54) is 5.56 Å². The molecule has 0 aliphatic carbocycles. The van der Waals surface area contributed by atoms with Crippen LogP contribution in [0.4, 0.5) is 11.5 Å². The Morgan fingerprint density at radius 3 is 2.74 bits per heavy atom. The van der Waals surface area contributed by atoms with Gasteiger partial charge in [0.25, 0.3) is 0 Å². The van der Waals surface area contributed by atoms with Gasteiger partial charge >= 0.3 is 0 Å². The van der Waals surface area contributed by atoms with Crippen LogP contribution in [0, 0.1) is 0 Å². The molecule has 4 nitrogen and oxygen atoms in total. The van der Waals surface area contributed by atoms with Crippen LogP contribution in [0.3, 0.4) is 0 Å². The van der Waals surface area contributed by atoms with Crippen LogP contribution in [-0.4, -0.2) is 20.5 Å². The molecule has 5 heteroatoms. The highest BCUT2D eigenvalue weighted by Crippen LogP contribution is 2.19. The lowest BCUT2D eigenvalue weighted by atomic mass is 10.1. The molecule has 1 aromatic carbocycles. The topological polar surface area (TPSA) is 42.2 Å². The molecule has 1 N–H and O–H groups in total. The number of rotatable bonds is 4. The van der Waals surface area contributed by atoms with E-state index in [9.17, 15) is 0 Å². The van der Waals surface area contributed by atoms with Crippen LogP contribution >= 0.6 is 11.6 Å². The van der Waals surface area contributed by atoms with Crippen LogP contribution in [0.5, 0.6) is 0 Å². The summed E-state index contributed by atoms with van der Waals surface area (Å²) < 4.78 is 1.79. The summed E-state index contributed by atoms with van der Waals surface area (Å²) in [6.45, 7) is 0. The molecular formula is C14H13ClN4. The van der Waals surface area contributed by atoms with Crippen molar-refractivity contribution in [3.63, 3.8) is 0 Å². The van der Waals surface area contributed by atoms with Crippen LogP contribution in [0.1, 0.15) is 5.56 Å². The Morgan fingerprint density at radius 2 is 1.95 bits per heavy atom. The maximum atomic E-state index is 5.72. The second-order valence-electron chi connectivity index (χ2n) is 4.20. The van der Waals surface area contributed by atoms with Crippen LogP contribution in [0.15, 0.2) is 48.9 Å². The molecule has 0 saturated carbocycles. The van der Waals surface area contributed by atoms with Gasteiger partial charge in [-0.1, -0.05) is 12.1 Å². The zero-order chi connectivity index (χ0) is 13.1. The molecule has 0 saturated heterocycles. The molecule has 3 aromatic rings. The second-order valence-corrected chi connectivity index (χ2v) is 4.58.